The van der Waals surface area contributed by atoms with E-state index in [0.717, 1.165) is 5.56 Å². The molecule has 68 valence electrons. The van der Waals surface area contributed by atoms with Crippen molar-refractivity contribution in [1.82, 2.24) is 9.97 Å². The van der Waals surface area contributed by atoms with Crippen LogP contribution in [0.15, 0.2) is 49.1 Å². The van der Waals surface area contributed by atoms with Gasteiger partial charge in [-0.15, -0.1) is 0 Å². The zero-order valence-corrected chi connectivity index (χ0v) is 7.22. The summed E-state index contributed by atoms with van der Waals surface area (Å²) in [4.78, 5) is 6.66. The molecule has 13 heavy (non-hydrogen) atoms. The molecule has 3 heteroatoms. The first-order chi connectivity index (χ1) is 6.43. The van der Waals surface area contributed by atoms with Crippen LogP contribution in [0.4, 0.5) is 0 Å². The Balaban J connectivity index is 0.000000145. The quantitative estimate of drug-likeness (QED) is 0.693. The van der Waals surface area contributed by atoms with Crippen LogP contribution in [0.2, 0.25) is 0 Å². The fourth-order valence-electron chi connectivity index (χ4n) is 0.769. The van der Waals surface area contributed by atoms with Crippen molar-refractivity contribution in [2.75, 3.05) is 0 Å². The molecule has 0 aliphatic carbocycles. The summed E-state index contributed by atoms with van der Waals surface area (Å²) in [6, 6.07) is 7.51. The van der Waals surface area contributed by atoms with E-state index >= 15 is 0 Å². The summed E-state index contributed by atoms with van der Waals surface area (Å²) in [5.74, 6) is 0. The average Bonchev–Trinajstić information content (AvgIpc) is 2.77. The minimum atomic E-state index is 0.0772. The number of nitrogens with one attached hydrogen (secondary N) is 1. The minimum absolute atomic E-state index is 0.0772. The van der Waals surface area contributed by atoms with Crippen molar-refractivity contribution in [2.24, 2.45) is 0 Å². The molecule has 0 amide bonds. The smallest absolute Gasteiger partial charge is 0.0696 e. The van der Waals surface area contributed by atoms with E-state index in [1.807, 2.05) is 30.6 Å². The maximum absolute atomic E-state index is 8.50. The summed E-state index contributed by atoms with van der Waals surface area (Å²) in [5, 5.41) is 8.50. The van der Waals surface area contributed by atoms with Gasteiger partial charge in [-0.1, -0.05) is 6.07 Å². The van der Waals surface area contributed by atoms with Gasteiger partial charge in [0.15, 0.2) is 0 Å². The minimum Gasteiger partial charge on any atom is -0.392 e. The summed E-state index contributed by atoms with van der Waals surface area (Å²) in [7, 11) is 0. The molecule has 2 rings (SSSR count). The molecule has 0 fully saturated rings. The van der Waals surface area contributed by atoms with Gasteiger partial charge in [0, 0.05) is 24.8 Å². The Labute approximate surface area is 77.1 Å². The molecule has 0 aliphatic heterocycles. The topological polar surface area (TPSA) is 48.9 Å². The Bertz CT molecular complexity index is 275. The number of aliphatic hydroxyl groups excluding tert-OH is 1. The number of pyridine rings is 1. The van der Waals surface area contributed by atoms with Crippen LogP contribution < -0.4 is 0 Å². The molecule has 0 radical (unpaired) electrons. The van der Waals surface area contributed by atoms with Crippen LogP contribution >= 0.6 is 0 Å². The first-order valence-electron chi connectivity index (χ1n) is 4.01. The van der Waals surface area contributed by atoms with Crippen LogP contribution in [-0.4, -0.2) is 15.1 Å². The fraction of sp³-hybridized carbons (Fsp3) is 0.100. The van der Waals surface area contributed by atoms with E-state index < -0.39 is 0 Å². The first kappa shape index (κ1) is 9.48. The highest BCUT2D eigenvalue weighted by Gasteiger charge is 1.82. The summed E-state index contributed by atoms with van der Waals surface area (Å²) >= 11 is 0. The Morgan fingerprint density at radius 2 is 2.00 bits per heavy atom. The van der Waals surface area contributed by atoms with Crippen molar-refractivity contribution in [1.29, 1.82) is 0 Å². The zero-order chi connectivity index (χ0) is 9.36. The average molecular weight is 176 g/mol. The number of nitrogens with zero attached hydrogens (tertiary/aromatic N) is 1. The summed E-state index contributed by atoms with van der Waals surface area (Å²) in [6.07, 6.45) is 7.07. The number of aliphatic hydroxyl groups is 1. The number of aromatic amines is 1. The number of aromatic nitrogens is 2. The molecule has 0 saturated carbocycles. The number of hydrogen-bond donors (Lipinski definition) is 2. The molecule has 0 bridgehead atoms. The second-order valence-corrected chi connectivity index (χ2v) is 2.40. The second kappa shape index (κ2) is 5.97. The molecule has 0 unspecified atom stereocenters. The molecule has 0 atom stereocenters. The SMILES string of the molecule is OCc1cccnc1.c1cc[nH]c1. The van der Waals surface area contributed by atoms with Gasteiger partial charge in [-0.2, -0.15) is 0 Å². The van der Waals surface area contributed by atoms with E-state index in [1.165, 1.54) is 0 Å². The standard InChI is InChI=1S/C6H7NO.C4H5N/c8-5-6-2-1-3-7-4-6;1-2-4-5-3-1/h1-4,8H,5H2;1-5H. The van der Waals surface area contributed by atoms with Crippen LogP contribution in [0.3, 0.4) is 0 Å². The summed E-state index contributed by atoms with van der Waals surface area (Å²) in [5.41, 5.74) is 0.854. The highest BCUT2D eigenvalue weighted by atomic mass is 16.3. The molecule has 2 heterocycles. The lowest BCUT2D eigenvalue weighted by atomic mass is 10.3. The zero-order valence-electron chi connectivity index (χ0n) is 7.22. The van der Waals surface area contributed by atoms with Gasteiger partial charge in [-0.05, 0) is 23.8 Å². The first-order valence-corrected chi connectivity index (χ1v) is 4.01. The van der Waals surface area contributed by atoms with E-state index in [2.05, 4.69) is 9.97 Å². The molecular weight excluding hydrogens is 164 g/mol. The number of H-pyrrole nitrogens is 1. The Hall–Kier alpha value is -1.61. The normalized spacial score (nSPS) is 8.69. The molecule has 2 aromatic rings. The van der Waals surface area contributed by atoms with Crippen LogP contribution in [0.5, 0.6) is 0 Å². The second-order valence-electron chi connectivity index (χ2n) is 2.40. The van der Waals surface area contributed by atoms with E-state index in [1.54, 1.807) is 18.5 Å². The largest absolute Gasteiger partial charge is 0.392 e. The van der Waals surface area contributed by atoms with Gasteiger partial charge in [-0.25, -0.2) is 0 Å². The van der Waals surface area contributed by atoms with Crippen LogP contribution in [0.1, 0.15) is 5.56 Å². The summed E-state index contributed by atoms with van der Waals surface area (Å²) < 4.78 is 0. The Kier molecular flexibility index (Phi) is 4.35. The highest BCUT2D eigenvalue weighted by Crippen LogP contribution is 1.92. The van der Waals surface area contributed by atoms with E-state index in [-0.39, 0.29) is 6.61 Å². The monoisotopic (exact) mass is 176 g/mol. The lowest BCUT2D eigenvalue weighted by Crippen LogP contribution is -1.80. The number of hydrogen-bond acceptors (Lipinski definition) is 2. The van der Waals surface area contributed by atoms with Crippen molar-refractivity contribution in [2.45, 2.75) is 6.61 Å². The maximum Gasteiger partial charge on any atom is 0.0696 e. The van der Waals surface area contributed by atoms with E-state index in [4.69, 9.17) is 5.11 Å². The molecular formula is C10H12N2O. The third kappa shape index (κ3) is 4.08. The van der Waals surface area contributed by atoms with Crippen molar-refractivity contribution < 1.29 is 5.11 Å². The Morgan fingerprint density at radius 1 is 1.23 bits per heavy atom. The van der Waals surface area contributed by atoms with Crippen molar-refractivity contribution in [3.8, 4) is 0 Å². The van der Waals surface area contributed by atoms with Crippen molar-refractivity contribution in [3.05, 3.63) is 54.6 Å². The van der Waals surface area contributed by atoms with Gasteiger partial charge in [-0.3, -0.25) is 4.98 Å². The predicted molar refractivity (Wildman–Crippen MR) is 51.0 cm³/mol. The van der Waals surface area contributed by atoms with Crippen molar-refractivity contribution >= 4 is 0 Å². The van der Waals surface area contributed by atoms with Gasteiger partial charge in [0.05, 0.1) is 6.61 Å². The fourth-order valence-corrected chi connectivity index (χ4v) is 0.769. The van der Waals surface area contributed by atoms with Gasteiger partial charge >= 0.3 is 0 Å². The van der Waals surface area contributed by atoms with Gasteiger partial charge in [0.2, 0.25) is 0 Å². The molecule has 0 spiro atoms. The highest BCUT2D eigenvalue weighted by molar-refractivity contribution is 5.06. The maximum atomic E-state index is 8.50. The third-order valence-corrected chi connectivity index (χ3v) is 1.40. The van der Waals surface area contributed by atoms with Gasteiger partial charge < -0.3 is 10.1 Å². The molecule has 0 aliphatic rings. The lowest BCUT2D eigenvalue weighted by Gasteiger charge is -1.88. The molecule has 0 aromatic carbocycles. The van der Waals surface area contributed by atoms with E-state index in [9.17, 15) is 0 Å². The van der Waals surface area contributed by atoms with Crippen LogP contribution in [0.25, 0.3) is 0 Å². The third-order valence-electron chi connectivity index (χ3n) is 1.40. The molecule has 0 saturated heterocycles. The van der Waals surface area contributed by atoms with Gasteiger partial charge in [0.25, 0.3) is 0 Å². The van der Waals surface area contributed by atoms with Crippen LogP contribution in [0, 0.1) is 0 Å². The van der Waals surface area contributed by atoms with Crippen LogP contribution in [-0.2, 0) is 6.61 Å². The molecule has 2 N–H and O–H groups in total. The van der Waals surface area contributed by atoms with E-state index in [0.29, 0.717) is 0 Å². The van der Waals surface area contributed by atoms with Gasteiger partial charge in [0.1, 0.15) is 0 Å². The molecule has 3 nitrogen and oxygen atoms in total. The lowest BCUT2D eigenvalue weighted by molar-refractivity contribution is 0.281. The molecule has 2 aromatic heterocycles. The van der Waals surface area contributed by atoms with Crippen molar-refractivity contribution in [3.63, 3.8) is 0 Å². The summed E-state index contributed by atoms with van der Waals surface area (Å²) in [6.45, 7) is 0.0772. The Morgan fingerprint density at radius 3 is 2.31 bits per heavy atom. The number of rotatable bonds is 1. The predicted octanol–water partition coefficient (Wildman–Crippen LogP) is 1.59.